The van der Waals surface area contributed by atoms with Crippen LogP contribution in [-0.2, 0) is 13.0 Å². The fourth-order valence-electron chi connectivity index (χ4n) is 2.81. The van der Waals surface area contributed by atoms with E-state index in [0.29, 0.717) is 12.6 Å². The molecule has 3 aromatic rings. The van der Waals surface area contributed by atoms with Gasteiger partial charge >= 0.3 is 0 Å². The second-order valence-electron chi connectivity index (χ2n) is 6.22. The maximum Gasteiger partial charge on any atom is 0.231 e. The molecule has 0 radical (unpaired) electrons. The van der Waals surface area contributed by atoms with Crippen molar-refractivity contribution < 1.29 is 9.47 Å². The fraction of sp³-hybridized carbons (Fsp3) is 0.263. The Morgan fingerprint density at radius 3 is 2.54 bits per heavy atom. The van der Waals surface area contributed by atoms with Crippen molar-refractivity contribution in [1.82, 2.24) is 24.8 Å². The molecule has 26 heavy (non-hydrogen) atoms. The van der Waals surface area contributed by atoms with Gasteiger partial charge in [0.25, 0.3) is 0 Å². The van der Waals surface area contributed by atoms with E-state index in [1.807, 2.05) is 18.5 Å². The highest BCUT2D eigenvalue weighted by atomic mass is 16.7. The van der Waals surface area contributed by atoms with Crippen molar-refractivity contribution in [2.45, 2.75) is 13.0 Å². The van der Waals surface area contributed by atoms with Gasteiger partial charge in [-0.15, -0.1) is 0 Å². The SMILES string of the molecule is CN(CCc1ccc2c(c1)OCO2)Cc1cnc(-c2cncnc2)nc1. The Hall–Kier alpha value is -3.06. The molecule has 1 aliphatic rings. The summed E-state index contributed by atoms with van der Waals surface area (Å²) in [6, 6.07) is 6.11. The Labute approximate surface area is 151 Å². The Morgan fingerprint density at radius 1 is 0.962 bits per heavy atom. The minimum absolute atomic E-state index is 0.309. The van der Waals surface area contributed by atoms with Crippen LogP contribution in [0.2, 0.25) is 0 Å². The normalized spacial score (nSPS) is 12.5. The third-order valence-electron chi connectivity index (χ3n) is 4.20. The minimum atomic E-state index is 0.309. The molecular formula is C19H19N5O2. The van der Waals surface area contributed by atoms with Crippen LogP contribution in [0, 0.1) is 0 Å². The molecule has 0 bridgehead atoms. The van der Waals surface area contributed by atoms with Crippen LogP contribution in [0.3, 0.4) is 0 Å². The molecule has 7 heteroatoms. The monoisotopic (exact) mass is 349 g/mol. The molecule has 3 heterocycles. The molecule has 2 aromatic heterocycles. The highest BCUT2D eigenvalue weighted by Gasteiger charge is 2.13. The molecule has 0 saturated carbocycles. The number of benzene rings is 1. The maximum absolute atomic E-state index is 5.43. The zero-order valence-corrected chi connectivity index (χ0v) is 14.5. The lowest BCUT2D eigenvalue weighted by atomic mass is 10.1. The number of hydrogen-bond acceptors (Lipinski definition) is 7. The molecule has 132 valence electrons. The van der Waals surface area contributed by atoms with Crippen LogP contribution < -0.4 is 9.47 Å². The van der Waals surface area contributed by atoms with E-state index in [-0.39, 0.29) is 0 Å². The van der Waals surface area contributed by atoms with Gasteiger partial charge < -0.3 is 14.4 Å². The van der Waals surface area contributed by atoms with Gasteiger partial charge in [-0.25, -0.2) is 19.9 Å². The van der Waals surface area contributed by atoms with E-state index in [1.54, 1.807) is 12.4 Å². The molecule has 1 aliphatic heterocycles. The summed E-state index contributed by atoms with van der Waals surface area (Å²) >= 11 is 0. The van der Waals surface area contributed by atoms with Crippen LogP contribution in [-0.4, -0.2) is 45.2 Å². The minimum Gasteiger partial charge on any atom is -0.454 e. The van der Waals surface area contributed by atoms with Crippen molar-refractivity contribution in [2.75, 3.05) is 20.4 Å². The van der Waals surface area contributed by atoms with Crippen molar-refractivity contribution in [2.24, 2.45) is 0 Å². The molecule has 0 N–H and O–H groups in total. The number of ether oxygens (including phenoxy) is 2. The summed E-state index contributed by atoms with van der Waals surface area (Å²) in [6.45, 7) is 2.02. The fourth-order valence-corrected chi connectivity index (χ4v) is 2.81. The molecule has 4 rings (SSSR count). The summed E-state index contributed by atoms with van der Waals surface area (Å²) in [7, 11) is 2.09. The summed E-state index contributed by atoms with van der Waals surface area (Å²) in [4.78, 5) is 19.0. The van der Waals surface area contributed by atoms with Gasteiger partial charge in [-0.2, -0.15) is 0 Å². The molecule has 0 atom stereocenters. The molecule has 0 amide bonds. The maximum atomic E-state index is 5.43. The predicted molar refractivity (Wildman–Crippen MR) is 95.7 cm³/mol. The average Bonchev–Trinajstić information content (AvgIpc) is 3.15. The van der Waals surface area contributed by atoms with Gasteiger partial charge in [-0.05, 0) is 31.2 Å². The molecule has 7 nitrogen and oxygen atoms in total. The zero-order chi connectivity index (χ0) is 17.8. The lowest BCUT2D eigenvalue weighted by Gasteiger charge is -2.16. The predicted octanol–water partition coefficient (Wildman–Crippen LogP) is 2.34. The van der Waals surface area contributed by atoms with E-state index in [1.165, 1.54) is 11.9 Å². The van der Waals surface area contributed by atoms with Crippen LogP contribution >= 0.6 is 0 Å². The summed E-state index contributed by atoms with van der Waals surface area (Å²) < 4.78 is 10.8. The second kappa shape index (κ2) is 7.45. The number of hydrogen-bond donors (Lipinski definition) is 0. The van der Waals surface area contributed by atoms with Crippen molar-refractivity contribution in [3.8, 4) is 22.9 Å². The quantitative estimate of drug-likeness (QED) is 0.676. The topological polar surface area (TPSA) is 73.3 Å². The van der Waals surface area contributed by atoms with E-state index in [4.69, 9.17) is 9.47 Å². The van der Waals surface area contributed by atoms with Crippen molar-refractivity contribution in [1.29, 1.82) is 0 Å². The summed E-state index contributed by atoms with van der Waals surface area (Å²) in [5, 5.41) is 0. The largest absolute Gasteiger partial charge is 0.454 e. The first kappa shape index (κ1) is 16.4. The van der Waals surface area contributed by atoms with Gasteiger partial charge in [0, 0.05) is 43.4 Å². The van der Waals surface area contributed by atoms with E-state index >= 15 is 0 Å². The van der Waals surface area contributed by atoms with Gasteiger partial charge in [-0.3, -0.25) is 0 Å². The second-order valence-corrected chi connectivity index (χ2v) is 6.22. The van der Waals surface area contributed by atoms with E-state index in [2.05, 4.69) is 44.0 Å². The molecule has 0 aliphatic carbocycles. The van der Waals surface area contributed by atoms with Gasteiger partial charge in [-0.1, -0.05) is 6.07 Å². The lowest BCUT2D eigenvalue weighted by Crippen LogP contribution is -2.21. The lowest BCUT2D eigenvalue weighted by molar-refractivity contribution is 0.174. The van der Waals surface area contributed by atoms with E-state index in [9.17, 15) is 0 Å². The first-order valence-corrected chi connectivity index (χ1v) is 8.41. The van der Waals surface area contributed by atoms with Gasteiger partial charge in [0.1, 0.15) is 6.33 Å². The molecule has 1 aromatic carbocycles. The van der Waals surface area contributed by atoms with Crippen LogP contribution in [0.4, 0.5) is 0 Å². The smallest absolute Gasteiger partial charge is 0.231 e. The Balaban J connectivity index is 1.32. The van der Waals surface area contributed by atoms with Gasteiger partial charge in [0.05, 0.1) is 5.56 Å². The van der Waals surface area contributed by atoms with E-state index in [0.717, 1.165) is 42.1 Å². The van der Waals surface area contributed by atoms with E-state index < -0.39 is 0 Å². The van der Waals surface area contributed by atoms with Crippen molar-refractivity contribution >= 4 is 0 Å². The van der Waals surface area contributed by atoms with Crippen molar-refractivity contribution in [3.05, 3.63) is 60.4 Å². The van der Waals surface area contributed by atoms with Crippen LogP contribution in [0.5, 0.6) is 11.5 Å². The molecule has 0 saturated heterocycles. The first-order valence-electron chi connectivity index (χ1n) is 8.41. The van der Waals surface area contributed by atoms with Crippen LogP contribution in [0.1, 0.15) is 11.1 Å². The van der Waals surface area contributed by atoms with Gasteiger partial charge in [0.15, 0.2) is 17.3 Å². The van der Waals surface area contributed by atoms with Gasteiger partial charge in [0.2, 0.25) is 6.79 Å². The molecule has 0 fully saturated rings. The Morgan fingerprint density at radius 2 is 1.73 bits per heavy atom. The first-order chi connectivity index (χ1) is 12.8. The van der Waals surface area contributed by atoms with Crippen LogP contribution in [0.15, 0.2) is 49.3 Å². The number of aromatic nitrogens is 4. The number of fused-ring (bicyclic) bond motifs is 1. The standard InChI is InChI=1S/C19H19N5O2/c1-24(5-4-14-2-3-17-18(6-14)26-13-25-17)11-15-7-22-19(23-8-15)16-9-20-12-21-10-16/h2-3,6-10,12H,4-5,11,13H2,1H3. The summed E-state index contributed by atoms with van der Waals surface area (Å²) in [5.41, 5.74) is 3.12. The number of nitrogens with zero attached hydrogens (tertiary/aromatic N) is 5. The molecular weight excluding hydrogens is 330 g/mol. The highest BCUT2D eigenvalue weighted by molar-refractivity contribution is 5.51. The summed E-state index contributed by atoms with van der Waals surface area (Å²) in [6.07, 6.45) is 9.55. The average molecular weight is 349 g/mol. The van der Waals surface area contributed by atoms with Crippen LogP contribution in [0.25, 0.3) is 11.4 Å². The third kappa shape index (κ3) is 3.78. The van der Waals surface area contributed by atoms with Crippen molar-refractivity contribution in [3.63, 3.8) is 0 Å². The Kier molecular flexibility index (Phi) is 4.70. The zero-order valence-electron chi connectivity index (χ0n) is 14.5. The highest BCUT2D eigenvalue weighted by Crippen LogP contribution is 2.32. The third-order valence-corrected chi connectivity index (χ3v) is 4.20. The number of rotatable bonds is 6. The molecule has 0 spiro atoms. The molecule has 0 unspecified atom stereocenters. The number of likely N-dealkylation sites (N-methyl/N-ethyl adjacent to an activating group) is 1. The Bertz CT molecular complexity index is 871. The summed E-state index contributed by atoms with van der Waals surface area (Å²) in [5.74, 6) is 2.29.